The topological polar surface area (TPSA) is 40.5 Å². The molecular formula is C22H15F2NO2. The second kappa shape index (κ2) is 6.68. The van der Waals surface area contributed by atoms with E-state index in [0.29, 0.717) is 16.8 Å². The zero-order valence-electron chi connectivity index (χ0n) is 14.1. The van der Waals surface area contributed by atoms with Gasteiger partial charge in [-0.2, -0.15) is 0 Å². The van der Waals surface area contributed by atoms with Gasteiger partial charge in [0.25, 0.3) is 5.91 Å². The first-order valence-electron chi connectivity index (χ1n) is 8.40. The summed E-state index contributed by atoms with van der Waals surface area (Å²) in [5.74, 6) is -2.05. The summed E-state index contributed by atoms with van der Waals surface area (Å²) in [4.78, 5) is 14.2. The highest BCUT2D eigenvalue weighted by Crippen LogP contribution is 2.45. The van der Waals surface area contributed by atoms with Gasteiger partial charge in [0, 0.05) is 16.8 Å². The minimum atomic E-state index is -0.869. The Morgan fingerprint density at radius 1 is 0.815 bits per heavy atom. The molecule has 3 nitrogen and oxygen atoms in total. The van der Waals surface area contributed by atoms with Crippen molar-refractivity contribution in [1.82, 2.24) is 0 Å². The highest BCUT2D eigenvalue weighted by Gasteiger charge is 2.42. The smallest absolute Gasteiger partial charge is 0.294 e. The van der Waals surface area contributed by atoms with E-state index in [9.17, 15) is 18.7 Å². The van der Waals surface area contributed by atoms with Gasteiger partial charge >= 0.3 is 0 Å². The summed E-state index contributed by atoms with van der Waals surface area (Å²) in [6.07, 6.45) is 0. The lowest BCUT2D eigenvalue weighted by molar-refractivity contribution is -0.117. The normalized spacial score (nSPS) is 16.9. The average molecular weight is 363 g/mol. The molecule has 1 heterocycles. The number of aliphatic hydroxyl groups excluding tert-OH is 1. The SMILES string of the molecule is O=C1C(O)=C(c2ccccc2)[C@H](c2ccccc2F)N1c1ccc(F)cc1. The molecule has 1 N–H and O–H groups in total. The van der Waals surface area contributed by atoms with E-state index in [0.717, 1.165) is 0 Å². The molecular weight excluding hydrogens is 348 g/mol. The van der Waals surface area contributed by atoms with Gasteiger partial charge in [-0.15, -0.1) is 0 Å². The number of halogens is 2. The molecule has 1 atom stereocenters. The fraction of sp³-hybridized carbons (Fsp3) is 0.0455. The van der Waals surface area contributed by atoms with Crippen LogP contribution >= 0.6 is 0 Å². The molecule has 0 bridgehead atoms. The standard InChI is InChI=1S/C22H15F2NO2/c23-15-10-12-16(13-11-15)25-20(17-8-4-5-9-18(17)24)19(21(26)22(25)27)14-6-2-1-3-7-14/h1-13,20,26H/t20-/m0/s1. The maximum Gasteiger partial charge on any atom is 0.294 e. The number of hydrogen-bond donors (Lipinski definition) is 1. The second-order valence-electron chi connectivity index (χ2n) is 6.20. The second-order valence-corrected chi connectivity index (χ2v) is 6.20. The summed E-state index contributed by atoms with van der Waals surface area (Å²) in [6, 6.07) is 19.4. The van der Waals surface area contributed by atoms with Gasteiger partial charge in [-0.05, 0) is 35.9 Å². The first-order valence-corrected chi connectivity index (χ1v) is 8.40. The van der Waals surface area contributed by atoms with Crippen LogP contribution in [0.5, 0.6) is 0 Å². The Hall–Kier alpha value is -3.47. The fourth-order valence-electron chi connectivity index (χ4n) is 3.38. The molecule has 1 aliphatic heterocycles. The van der Waals surface area contributed by atoms with Crippen molar-refractivity contribution in [1.29, 1.82) is 0 Å². The summed E-state index contributed by atoms with van der Waals surface area (Å²) in [6.45, 7) is 0. The van der Waals surface area contributed by atoms with E-state index in [-0.39, 0.29) is 5.56 Å². The molecule has 0 saturated carbocycles. The van der Waals surface area contributed by atoms with Crippen molar-refractivity contribution in [2.45, 2.75) is 6.04 Å². The van der Waals surface area contributed by atoms with Gasteiger partial charge in [0.15, 0.2) is 5.76 Å². The summed E-state index contributed by atoms with van der Waals surface area (Å²) in [5.41, 5.74) is 1.54. The van der Waals surface area contributed by atoms with Gasteiger partial charge < -0.3 is 5.11 Å². The summed E-state index contributed by atoms with van der Waals surface area (Å²) < 4.78 is 28.0. The predicted octanol–water partition coefficient (Wildman–Crippen LogP) is 5.02. The van der Waals surface area contributed by atoms with Crippen molar-refractivity contribution in [3.63, 3.8) is 0 Å². The molecule has 0 saturated heterocycles. The van der Waals surface area contributed by atoms with E-state index in [1.54, 1.807) is 42.5 Å². The van der Waals surface area contributed by atoms with Crippen LogP contribution in [0, 0.1) is 11.6 Å². The number of nitrogens with zero attached hydrogens (tertiary/aromatic N) is 1. The van der Waals surface area contributed by atoms with Gasteiger partial charge in [-0.25, -0.2) is 8.78 Å². The molecule has 0 aromatic heterocycles. The molecule has 3 aromatic carbocycles. The van der Waals surface area contributed by atoms with Crippen LogP contribution in [-0.4, -0.2) is 11.0 Å². The molecule has 0 fully saturated rings. The Morgan fingerprint density at radius 2 is 1.44 bits per heavy atom. The molecule has 1 aliphatic rings. The number of anilines is 1. The average Bonchev–Trinajstić information content (AvgIpc) is 2.95. The Morgan fingerprint density at radius 3 is 2.11 bits per heavy atom. The highest BCUT2D eigenvalue weighted by atomic mass is 19.1. The maximum absolute atomic E-state index is 14.6. The van der Waals surface area contributed by atoms with E-state index >= 15 is 0 Å². The first kappa shape index (κ1) is 17.0. The van der Waals surface area contributed by atoms with E-state index < -0.39 is 29.3 Å². The van der Waals surface area contributed by atoms with Crippen molar-refractivity contribution < 1.29 is 18.7 Å². The molecule has 27 heavy (non-hydrogen) atoms. The Kier molecular flexibility index (Phi) is 4.20. The highest BCUT2D eigenvalue weighted by molar-refractivity contribution is 6.15. The number of amides is 1. The molecule has 5 heteroatoms. The monoisotopic (exact) mass is 363 g/mol. The Bertz CT molecular complexity index is 1030. The van der Waals surface area contributed by atoms with E-state index in [1.807, 2.05) is 6.07 Å². The van der Waals surface area contributed by atoms with Crippen molar-refractivity contribution in [3.05, 3.63) is 107 Å². The number of benzene rings is 3. The Balaban J connectivity index is 1.94. The lowest BCUT2D eigenvalue weighted by atomic mass is 9.93. The summed E-state index contributed by atoms with van der Waals surface area (Å²) in [7, 11) is 0. The van der Waals surface area contributed by atoms with Crippen LogP contribution in [-0.2, 0) is 4.79 Å². The van der Waals surface area contributed by atoms with Crippen LogP contribution in [0.4, 0.5) is 14.5 Å². The largest absolute Gasteiger partial charge is 0.503 e. The maximum atomic E-state index is 14.6. The van der Waals surface area contributed by atoms with Crippen molar-refractivity contribution >= 4 is 17.2 Å². The minimum Gasteiger partial charge on any atom is -0.503 e. The third kappa shape index (κ3) is 2.87. The van der Waals surface area contributed by atoms with Gasteiger partial charge in [0.1, 0.15) is 11.6 Å². The predicted molar refractivity (Wildman–Crippen MR) is 99.0 cm³/mol. The Labute approximate surface area is 154 Å². The van der Waals surface area contributed by atoms with Crippen molar-refractivity contribution in [2.24, 2.45) is 0 Å². The lowest BCUT2D eigenvalue weighted by Gasteiger charge is -2.27. The van der Waals surface area contributed by atoms with Crippen LogP contribution in [0.1, 0.15) is 17.2 Å². The molecule has 0 aliphatic carbocycles. The van der Waals surface area contributed by atoms with Crippen LogP contribution in [0.3, 0.4) is 0 Å². The van der Waals surface area contributed by atoms with Crippen LogP contribution in [0.15, 0.2) is 84.6 Å². The molecule has 4 rings (SSSR count). The molecule has 0 unspecified atom stereocenters. The molecule has 3 aromatic rings. The van der Waals surface area contributed by atoms with Gasteiger partial charge in [-0.1, -0.05) is 48.5 Å². The van der Waals surface area contributed by atoms with Gasteiger partial charge in [-0.3, -0.25) is 9.69 Å². The van der Waals surface area contributed by atoms with Crippen LogP contribution in [0.25, 0.3) is 5.57 Å². The zero-order chi connectivity index (χ0) is 19.0. The summed E-state index contributed by atoms with van der Waals surface area (Å²) in [5, 5.41) is 10.6. The first-order chi connectivity index (χ1) is 13.1. The molecule has 1 amide bonds. The fourth-order valence-corrected chi connectivity index (χ4v) is 3.38. The number of carbonyl (C=O) groups excluding carboxylic acids is 1. The lowest BCUT2D eigenvalue weighted by Crippen LogP contribution is -2.30. The quantitative estimate of drug-likeness (QED) is 0.710. The van der Waals surface area contributed by atoms with Gasteiger partial charge in [0.05, 0.1) is 6.04 Å². The number of aliphatic hydroxyl groups is 1. The summed E-state index contributed by atoms with van der Waals surface area (Å²) >= 11 is 0. The number of carbonyl (C=O) groups is 1. The van der Waals surface area contributed by atoms with Crippen molar-refractivity contribution in [3.8, 4) is 0 Å². The third-order valence-electron chi connectivity index (χ3n) is 4.60. The van der Waals surface area contributed by atoms with Gasteiger partial charge in [0.2, 0.25) is 0 Å². The molecule has 0 radical (unpaired) electrons. The van der Waals surface area contributed by atoms with Crippen LogP contribution < -0.4 is 4.90 Å². The molecule has 0 spiro atoms. The third-order valence-corrected chi connectivity index (χ3v) is 4.60. The van der Waals surface area contributed by atoms with E-state index in [4.69, 9.17) is 0 Å². The minimum absolute atomic E-state index is 0.248. The number of hydrogen-bond acceptors (Lipinski definition) is 2. The van der Waals surface area contributed by atoms with E-state index in [1.165, 1.54) is 35.2 Å². The molecule has 134 valence electrons. The zero-order valence-corrected chi connectivity index (χ0v) is 14.1. The number of rotatable bonds is 3. The van der Waals surface area contributed by atoms with Crippen molar-refractivity contribution in [2.75, 3.05) is 4.90 Å². The van der Waals surface area contributed by atoms with E-state index in [2.05, 4.69) is 0 Å². The van der Waals surface area contributed by atoms with Crippen LogP contribution in [0.2, 0.25) is 0 Å².